The second-order valence-electron chi connectivity index (χ2n) is 7.73. The first-order valence-electron chi connectivity index (χ1n) is 8.08. The van der Waals surface area contributed by atoms with Crippen molar-refractivity contribution in [2.45, 2.75) is 63.6 Å². The van der Waals surface area contributed by atoms with Gasteiger partial charge in [-0.2, -0.15) is 0 Å². The van der Waals surface area contributed by atoms with Crippen molar-refractivity contribution >= 4 is 6.29 Å². The van der Waals surface area contributed by atoms with Crippen molar-refractivity contribution < 1.29 is 19.4 Å². The third kappa shape index (κ3) is 1.73. The van der Waals surface area contributed by atoms with Gasteiger partial charge in [0.1, 0.15) is 28.5 Å². The number of aromatic hydroxyl groups is 1. The van der Waals surface area contributed by atoms with Crippen LogP contribution < -0.4 is 9.47 Å². The average Bonchev–Trinajstić information content (AvgIpc) is 2.55. The summed E-state index contributed by atoms with van der Waals surface area (Å²) in [5.74, 6) is 1.91. The van der Waals surface area contributed by atoms with Gasteiger partial charge in [-0.05, 0) is 46.5 Å². The van der Waals surface area contributed by atoms with E-state index >= 15 is 0 Å². The second-order valence-corrected chi connectivity index (χ2v) is 7.73. The smallest absolute Gasteiger partial charge is 0.157 e. The van der Waals surface area contributed by atoms with Gasteiger partial charge >= 0.3 is 0 Å². The highest BCUT2D eigenvalue weighted by atomic mass is 16.5. The van der Waals surface area contributed by atoms with Crippen molar-refractivity contribution in [3.05, 3.63) is 17.2 Å². The molecule has 4 nitrogen and oxygen atoms in total. The maximum Gasteiger partial charge on any atom is 0.157 e. The molecule has 22 heavy (non-hydrogen) atoms. The molecule has 1 N–H and O–H groups in total. The van der Waals surface area contributed by atoms with Crippen molar-refractivity contribution in [3.63, 3.8) is 0 Å². The van der Waals surface area contributed by atoms with Gasteiger partial charge in [-0.1, -0.05) is 0 Å². The highest BCUT2D eigenvalue weighted by molar-refractivity contribution is 5.86. The van der Waals surface area contributed by atoms with Crippen LogP contribution in [0.3, 0.4) is 0 Å². The summed E-state index contributed by atoms with van der Waals surface area (Å²) in [4.78, 5) is 11.4. The summed E-state index contributed by atoms with van der Waals surface area (Å²) in [6.45, 7) is 6.35. The second kappa shape index (κ2) is 4.18. The molecule has 1 aliphatic carbocycles. The van der Waals surface area contributed by atoms with Gasteiger partial charge < -0.3 is 14.6 Å². The van der Waals surface area contributed by atoms with E-state index in [1.807, 2.05) is 0 Å². The zero-order valence-corrected chi connectivity index (χ0v) is 13.3. The van der Waals surface area contributed by atoms with E-state index in [0.717, 1.165) is 31.2 Å². The van der Waals surface area contributed by atoms with Crippen LogP contribution in [-0.4, -0.2) is 22.6 Å². The van der Waals surface area contributed by atoms with Gasteiger partial charge in [0.25, 0.3) is 0 Å². The Morgan fingerprint density at radius 2 is 2.09 bits per heavy atom. The number of hydrogen-bond donors (Lipinski definition) is 1. The minimum Gasteiger partial charge on any atom is -0.507 e. The first-order chi connectivity index (χ1) is 10.3. The maximum atomic E-state index is 11.4. The molecule has 0 spiro atoms. The van der Waals surface area contributed by atoms with E-state index in [9.17, 15) is 9.90 Å². The lowest BCUT2D eigenvalue weighted by molar-refractivity contribution is -0.0195. The van der Waals surface area contributed by atoms with Crippen LogP contribution in [0.25, 0.3) is 0 Å². The normalized spacial score (nSPS) is 34.1. The SMILES string of the molecule is CC1(C)Oc2c(C=O)c(O)cc3c2C2C[C@@](C)(CCC[C@@H]21)O3. The fourth-order valence-corrected chi connectivity index (χ4v) is 4.75. The molecule has 1 unspecified atom stereocenters. The molecule has 2 bridgehead atoms. The van der Waals surface area contributed by atoms with Crippen LogP contribution in [-0.2, 0) is 0 Å². The van der Waals surface area contributed by atoms with Gasteiger partial charge in [0, 0.05) is 23.5 Å². The topological polar surface area (TPSA) is 55.8 Å². The van der Waals surface area contributed by atoms with Crippen LogP contribution in [0.4, 0.5) is 0 Å². The predicted molar refractivity (Wildman–Crippen MR) is 81.9 cm³/mol. The summed E-state index contributed by atoms with van der Waals surface area (Å²) in [7, 11) is 0. The standard InChI is InChI=1S/C18H22O4/c1-17(2)12-5-4-6-18(3)8-10(12)15-14(21-18)7-13(20)11(9-19)16(15)22-17/h7,9-10,12,20H,4-6,8H2,1-3H3/t10?,12-,18+/m0/s1. The number of benzene rings is 1. The van der Waals surface area contributed by atoms with Crippen molar-refractivity contribution in [3.8, 4) is 17.2 Å². The van der Waals surface area contributed by atoms with Crippen LogP contribution in [0.1, 0.15) is 68.3 Å². The fraction of sp³-hybridized carbons (Fsp3) is 0.611. The van der Waals surface area contributed by atoms with Gasteiger partial charge in [-0.15, -0.1) is 0 Å². The molecule has 4 heteroatoms. The van der Waals surface area contributed by atoms with Crippen LogP contribution in [0.5, 0.6) is 17.2 Å². The Kier molecular flexibility index (Phi) is 2.64. The first-order valence-corrected chi connectivity index (χ1v) is 8.08. The van der Waals surface area contributed by atoms with E-state index in [-0.39, 0.29) is 22.5 Å². The number of rotatable bonds is 1. The van der Waals surface area contributed by atoms with Crippen LogP contribution in [0.15, 0.2) is 6.07 Å². The van der Waals surface area contributed by atoms with Gasteiger partial charge in [0.2, 0.25) is 0 Å². The van der Waals surface area contributed by atoms with Crippen molar-refractivity contribution in [1.82, 2.24) is 0 Å². The van der Waals surface area contributed by atoms with E-state index in [1.165, 1.54) is 0 Å². The molecule has 0 radical (unpaired) electrons. The number of carbonyl (C=O) groups excluding carboxylic acids is 1. The van der Waals surface area contributed by atoms with Crippen LogP contribution in [0.2, 0.25) is 0 Å². The summed E-state index contributed by atoms with van der Waals surface area (Å²) in [5.41, 5.74) is 0.709. The Morgan fingerprint density at radius 1 is 1.32 bits per heavy atom. The molecule has 1 saturated carbocycles. The van der Waals surface area contributed by atoms with E-state index in [4.69, 9.17) is 9.47 Å². The molecule has 2 aliphatic heterocycles. The third-order valence-electron chi connectivity index (χ3n) is 5.76. The largest absolute Gasteiger partial charge is 0.507 e. The summed E-state index contributed by atoms with van der Waals surface area (Å²) >= 11 is 0. The Labute approximate surface area is 130 Å². The van der Waals surface area contributed by atoms with Crippen molar-refractivity contribution in [1.29, 1.82) is 0 Å². The summed E-state index contributed by atoms with van der Waals surface area (Å²) in [6.07, 6.45) is 4.87. The average molecular weight is 302 g/mol. The number of fused-ring (bicyclic) bond motifs is 1. The van der Waals surface area contributed by atoms with E-state index in [0.29, 0.717) is 29.6 Å². The molecule has 118 valence electrons. The molecule has 0 saturated heterocycles. The summed E-state index contributed by atoms with van der Waals surface area (Å²) in [5, 5.41) is 10.2. The summed E-state index contributed by atoms with van der Waals surface area (Å²) in [6, 6.07) is 1.59. The number of phenolic OH excluding ortho intramolecular Hbond substituents is 1. The Hall–Kier alpha value is -1.71. The number of carbonyl (C=O) groups is 1. The molecular formula is C18H22O4. The zero-order valence-electron chi connectivity index (χ0n) is 13.3. The van der Waals surface area contributed by atoms with Crippen molar-refractivity contribution in [2.24, 2.45) is 5.92 Å². The van der Waals surface area contributed by atoms with Gasteiger partial charge in [-0.3, -0.25) is 4.79 Å². The van der Waals surface area contributed by atoms with Crippen LogP contribution >= 0.6 is 0 Å². The lowest BCUT2D eigenvalue weighted by Crippen LogP contribution is -2.48. The van der Waals surface area contributed by atoms with E-state index < -0.39 is 0 Å². The fourth-order valence-electron chi connectivity index (χ4n) is 4.75. The Balaban J connectivity index is 2.02. The minimum absolute atomic E-state index is 0.0553. The van der Waals surface area contributed by atoms with Gasteiger partial charge in [-0.25, -0.2) is 0 Å². The molecule has 4 rings (SSSR count). The number of aldehydes is 1. The molecule has 2 heterocycles. The Morgan fingerprint density at radius 3 is 2.82 bits per heavy atom. The number of ether oxygens (including phenoxy) is 2. The maximum absolute atomic E-state index is 11.4. The third-order valence-corrected chi connectivity index (χ3v) is 5.76. The predicted octanol–water partition coefficient (Wildman–Crippen LogP) is 3.80. The number of hydrogen-bond acceptors (Lipinski definition) is 4. The van der Waals surface area contributed by atoms with E-state index in [1.54, 1.807) is 6.07 Å². The Bertz CT molecular complexity index is 664. The van der Waals surface area contributed by atoms with Crippen molar-refractivity contribution in [2.75, 3.05) is 0 Å². The monoisotopic (exact) mass is 302 g/mol. The molecule has 0 amide bonds. The van der Waals surface area contributed by atoms with E-state index in [2.05, 4.69) is 20.8 Å². The molecule has 1 aromatic rings. The first kappa shape index (κ1) is 13.9. The molecule has 1 aromatic carbocycles. The quantitative estimate of drug-likeness (QED) is 0.802. The minimum atomic E-state index is -0.344. The highest BCUT2D eigenvalue weighted by Crippen LogP contribution is 2.60. The molecule has 3 atom stereocenters. The number of phenols is 1. The van der Waals surface area contributed by atoms with Gasteiger partial charge in [0.15, 0.2) is 6.29 Å². The molecule has 1 fully saturated rings. The summed E-state index contributed by atoms with van der Waals surface area (Å²) < 4.78 is 12.4. The van der Waals surface area contributed by atoms with Crippen LogP contribution in [0, 0.1) is 5.92 Å². The molecule has 0 aromatic heterocycles. The zero-order chi connectivity index (χ0) is 15.7. The highest BCUT2D eigenvalue weighted by Gasteiger charge is 2.53. The molecule has 3 aliphatic rings. The lowest BCUT2D eigenvalue weighted by Gasteiger charge is -2.49. The molecular weight excluding hydrogens is 280 g/mol. The lowest BCUT2D eigenvalue weighted by atomic mass is 9.68. The van der Waals surface area contributed by atoms with Gasteiger partial charge in [0.05, 0.1) is 5.56 Å².